The molecule has 0 radical (unpaired) electrons. The van der Waals surface area contributed by atoms with Crippen LogP contribution < -0.4 is 5.32 Å². The molecule has 0 bridgehead atoms. The lowest BCUT2D eigenvalue weighted by atomic mass is 10.0. The van der Waals surface area contributed by atoms with Gasteiger partial charge in [-0.3, -0.25) is 9.59 Å². The summed E-state index contributed by atoms with van der Waals surface area (Å²) in [6, 6.07) is 9.44. The first-order valence-corrected chi connectivity index (χ1v) is 7.13. The molecule has 1 aromatic heterocycles. The molecule has 0 aliphatic heterocycles. The molecule has 116 valence electrons. The van der Waals surface area contributed by atoms with E-state index in [1.807, 2.05) is 30.3 Å². The van der Waals surface area contributed by atoms with Crippen LogP contribution >= 0.6 is 0 Å². The molecule has 0 aliphatic rings. The van der Waals surface area contributed by atoms with E-state index in [0.717, 1.165) is 5.56 Å². The van der Waals surface area contributed by atoms with Gasteiger partial charge in [0.05, 0.1) is 6.20 Å². The van der Waals surface area contributed by atoms with Crippen molar-refractivity contribution in [1.29, 1.82) is 0 Å². The Balaban J connectivity index is 2.03. The van der Waals surface area contributed by atoms with Crippen molar-refractivity contribution in [2.24, 2.45) is 0 Å². The highest BCUT2D eigenvalue weighted by molar-refractivity contribution is 5.92. The average molecular weight is 301 g/mol. The second kappa shape index (κ2) is 7.40. The molecule has 0 saturated carbocycles. The van der Waals surface area contributed by atoms with Crippen LogP contribution in [0.15, 0.2) is 36.5 Å². The Morgan fingerprint density at radius 1 is 1.32 bits per heavy atom. The van der Waals surface area contributed by atoms with Gasteiger partial charge in [-0.15, -0.1) is 0 Å². The predicted molar refractivity (Wildman–Crippen MR) is 81.6 cm³/mol. The molecule has 1 atom stereocenters. The number of aliphatic carboxylic acids is 1. The van der Waals surface area contributed by atoms with E-state index < -0.39 is 5.97 Å². The molecule has 1 heterocycles. The van der Waals surface area contributed by atoms with Gasteiger partial charge in [-0.25, -0.2) is 4.98 Å². The fraction of sp³-hybridized carbons (Fsp3) is 0.312. The molecule has 1 amide bonds. The normalized spacial score (nSPS) is 11.9. The lowest BCUT2D eigenvalue weighted by Crippen LogP contribution is -2.37. The topological polar surface area (TPSA) is 95.1 Å². The lowest BCUT2D eigenvalue weighted by Gasteiger charge is -2.17. The zero-order valence-electron chi connectivity index (χ0n) is 12.4. The molecule has 1 aromatic carbocycles. The largest absolute Gasteiger partial charge is 0.481 e. The molecule has 0 saturated heterocycles. The van der Waals surface area contributed by atoms with Crippen molar-refractivity contribution >= 4 is 11.9 Å². The van der Waals surface area contributed by atoms with Gasteiger partial charge in [0.2, 0.25) is 0 Å². The van der Waals surface area contributed by atoms with Crippen LogP contribution in [-0.2, 0) is 11.2 Å². The lowest BCUT2D eigenvalue weighted by molar-refractivity contribution is -0.137. The third-order valence-corrected chi connectivity index (χ3v) is 3.31. The monoisotopic (exact) mass is 301 g/mol. The molecular weight excluding hydrogens is 282 g/mol. The van der Waals surface area contributed by atoms with Gasteiger partial charge in [0.1, 0.15) is 11.5 Å². The second-order valence-corrected chi connectivity index (χ2v) is 5.17. The molecule has 0 fully saturated rings. The summed E-state index contributed by atoms with van der Waals surface area (Å²) in [5.74, 6) is -0.480. The minimum Gasteiger partial charge on any atom is -0.481 e. The van der Waals surface area contributed by atoms with Crippen LogP contribution in [0.25, 0.3) is 0 Å². The first-order valence-electron chi connectivity index (χ1n) is 7.13. The second-order valence-electron chi connectivity index (χ2n) is 5.17. The molecule has 6 heteroatoms. The highest BCUT2D eigenvalue weighted by atomic mass is 16.4. The number of hydrogen-bond donors (Lipinski definition) is 3. The quantitative estimate of drug-likeness (QED) is 0.728. The van der Waals surface area contributed by atoms with Crippen molar-refractivity contribution in [2.75, 3.05) is 0 Å². The van der Waals surface area contributed by atoms with E-state index in [0.29, 0.717) is 24.4 Å². The Kier molecular flexibility index (Phi) is 5.30. The summed E-state index contributed by atoms with van der Waals surface area (Å²) in [7, 11) is 0. The van der Waals surface area contributed by atoms with Crippen LogP contribution in [-0.4, -0.2) is 33.0 Å². The van der Waals surface area contributed by atoms with Gasteiger partial charge in [0, 0.05) is 12.5 Å². The number of carboxylic acids is 1. The maximum absolute atomic E-state index is 12.2. The fourth-order valence-electron chi connectivity index (χ4n) is 2.22. The summed E-state index contributed by atoms with van der Waals surface area (Å²) in [4.78, 5) is 29.8. The van der Waals surface area contributed by atoms with E-state index in [4.69, 9.17) is 5.11 Å². The Morgan fingerprint density at radius 3 is 2.64 bits per heavy atom. The zero-order chi connectivity index (χ0) is 15.9. The van der Waals surface area contributed by atoms with Crippen LogP contribution in [0, 0.1) is 6.92 Å². The van der Waals surface area contributed by atoms with Crippen molar-refractivity contribution in [3.05, 3.63) is 53.6 Å². The summed E-state index contributed by atoms with van der Waals surface area (Å²) in [6.45, 7) is 1.77. The van der Waals surface area contributed by atoms with Gasteiger partial charge in [0.15, 0.2) is 0 Å². The molecule has 3 N–H and O–H groups in total. The summed E-state index contributed by atoms with van der Waals surface area (Å²) in [5, 5.41) is 11.7. The number of nitrogens with zero attached hydrogens (tertiary/aromatic N) is 1. The number of aromatic amines is 1. The zero-order valence-corrected chi connectivity index (χ0v) is 12.4. The third-order valence-electron chi connectivity index (χ3n) is 3.31. The number of benzene rings is 1. The van der Waals surface area contributed by atoms with E-state index in [9.17, 15) is 9.59 Å². The number of imidazole rings is 1. The number of rotatable bonds is 7. The van der Waals surface area contributed by atoms with E-state index in [2.05, 4.69) is 15.3 Å². The predicted octanol–water partition coefficient (Wildman–Crippen LogP) is 1.92. The SMILES string of the molecule is Cc1ncc(C(=O)NC(CCC(=O)O)Cc2ccccc2)[nH]1. The first-order chi connectivity index (χ1) is 10.5. The van der Waals surface area contributed by atoms with Crippen molar-refractivity contribution in [3.63, 3.8) is 0 Å². The number of carbonyl (C=O) groups excluding carboxylic acids is 1. The van der Waals surface area contributed by atoms with Crippen molar-refractivity contribution in [3.8, 4) is 0 Å². The number of hydrogen-bond acceptors (Lipinski definition) is 3. The molecule has 2 rings (SSSR count). The van der Waals surface area contributed by atoms with Gasteiger partial charge in [-0.2, -0.15) is 0 Å². The number of carboxylic acid groups (broad SMARTS) is 1. The van der Waals surface area contributed by atoms with Gasteiger partial charge in [-0.05, 0) is 25.3 Å². The van der Waals surface area contributed by atoms with E-state index in [1.54, 1.807) is 6.92 Å². The number of aryl methyl sites for hydroxylation is 1. The van der Waals surface area contributed by atoms with Crippen LogP contribution in [0.2, 0.25) is 0 Å². The first kappa shape index (κ1) is 15.8. The smallest absolute Gasteiger partial charge is 0.303 e. The summed E-state index contributed by atoms with van der Waals surface area (Å²) in [5.41, 5.74) is 1.44. The maximum Gasteiger partial charge on any atom is 0.303 e. The fourth-order valence-corrected chi connectivity index (χ4v) is 2.22. The highest BCUT2D eigenvalue weighted by Gasteiger charge is 2.17. The average Bonchev–Trinajstić information content (AvgIpc) is 2.92. The Hall–Kier alpha value is -2.63. The summed E-state index contributed by atoms with van der Waals surface area (Å²) < 4.78 is 0. The summed E-state index contributed by atoms with van der Waals surface area (Å²) in [6.07, 6.45) is 2.46. The van der Waals surface area contributed by atoms with Crippen LogP contribution in [0.4, 0.5) is 0 Å². The number of H-pyrrole nitrogens is 1. The molecular formula is C16H19N3O3. The summed E-state index contributed by atoms with van der Waals surface area (Å²) >= 11 is 0. The van der Waals surface area contributed by atoms with Crippen LogP contribution in [0.1, 0.15) is 34.7 Å². The minimum absolute atomic E-state index is 0.0137. The highest BCUT2D eigenvalue weighted by Crippen LogP contribution is 2.09. The molecule has 6 nitrogen and oxygen atoms in total. The Bertz CT molecular complexity index is 637. The van der Waals surface area contributed by atoms with Gasteiger partial charge in [0.25, 0.3) is 5.91 Å². The maximum atomic E-state index is 12.2. The molecule has 1 unspecified atom stereocenters. The number of aromatic nitrogens is 2. The number of carbonyl (C=O) groups is 2. The van der Waals surface area contributed by atoms with Gasteiger partial charge < -0.3 is 15.4 Å². The minimum atomic E-state index is -0.871. The Labute approximate surface area is 128 Å². The standard InChI is InChI=1S/C16H19N3O3/c1-11-17-10-14(18-11)16(22)19-13(7-8-15(20)21)9-12-5-3-2-4-6-12/h2-6,10,13H,7-9H2,1H3,(H,17,18)(H,19,22)(H,20,21). The Morgan fingerprint density at radius 2 is 2.05 bits per heavy atom. The molecule has 22 heavy (non-hydrogen) atoms. The number of amides is 1. The third kappa shape index (κ3) is 4.73. The van der Waals surface area contributed by atoms with Crippen molar-refractivity contribution in [1.82, 2.24) is 15.3 Å². The number of nitrogens with one attached hydrogen (secondary N) is 2. The van der Waals surface area contributed by atoms with Gasteiger partial charge in [-0.1, -0.05) is 30.3 Å². The van der Waals surface area contributed by atoms with E-state index >= 15 is 0 Å². The van der Waals surface area contributed by atoms with Crippen molar-refractivity contribution in [2.45, 2.75) is 32.2 Å². The van der Waals surface area contributed by atoms with Crippen LogP contribution in [0.5, 0.6) is 0 Å². The van der Waals surface area contributed by atoms with E-state index in [1.165, 1.54) is 6.20 Å². The molecule has 0 spiro atoms. The van der Waals surface area contributed by atoms with Crippen LogP contribution in [0.3, 0.4) is 0 Å². The van der Waals surface area contributed by atoms with Gasteiger partial charge >= 0.3 is 5.97 Å². The molecule has 0 aliphatic carbocycles. The molecule has 2 aromatic rings. The van der Waals surface area contributed by atoms with E-state index in [-0.39, 0.29) is 18.4 Å². The van der Waals surface area contributed by atoms with Crippen molar-refractivity contribution < 1.29 is 14.7 Å².